The molecular weight excluding hydrogens is 968 g/mol. The summed E-state index contributed by atoms with van der Waals surface area (Å²) >= 11 is 12.3. The maximum absolute atomic E-state index is 13.5. The summed E-state index contributed by atoms with van der Waals surface area (Å²) in [5.41, 5.74) is -7.25. The molecule has 0 aliphatic carbocycles. The molecule has 0 aromatic heterocycles. The third-order valence-corrected chi connectivity index (χ3v) is 11.4. The number of Topliss-reactive ketones (excluding diaryl/α,β-unsaturated/α-hetero) is 1. The Hall–Kier alpha value is -2.12. The van der Waals surface area contributed by atoms with Crippen molar-refractivity contribution in [2.45, 2.75) is 107 Å². The lowest BCUT2D eigenvalue weighted by Gasteiger charge is -2.36. The van der Waals surface area contributed by atoms with E-state index < -0.39 is 115 Å². The molecule has 0 saturated carbocycles. The Kier molecular flexibility index (Phi) is 19.9. The largest absolute Gasteiger partial charge is 0.480 e. The van der Waals surface area contributed by atoms with Crippen molar-refractivity contribution in [3.63, 3.8) is 0 Å². The number of ether oxygens (including phenoxy) is 4. The highest BCUT2D eigenvalue weighted by molar-refractivity contribution is 9.10. The maximum atomic E-state index is 13.5. The minimum atomic E-state index is -1.81. The number of halogens is 4. The van der Waals surface area contributed by atoms with Gasteiger partial charge in [0.1, 0.15) is 52.1 Å². The summed E-state index contributed by atoms with van der Waals surface area (Å²) in [7, 11) is 0. The number of aliphatic carboxylic acids is 3. The van der Waals surface area contributed by atoms with Gasteiger partial charge in [0, 0.05) is 0 Å². The number of rotatable bonds is 24. The highest BCUT2D eigenvalue weighted by Crippen LogP contribution is 2.35. The van der Waals surface area contributed by atoms with E-state index in [1.165, 1.54) is 62.3 Å². The minimum absolute atomic E-state index is 0.0234. The number of ketones is 1. The molecule has 0 aliphatic rings. The van der Waals surface area contributed by atoms with E-state index in [-0.39, 0.29) is 31.5 Å². The second kappa shape index (κ2) is 20.7. The second-order valence-electron chi connectivity index (χ2n) is 15.7. The van der Waals surface area contributed by atoms with Crippen LogP contribution >= 0.6 is 63.7 Å². The van der Waals surface area contributed by atoms with Gasteiger partial charge in [0.05, 0.1) is 26.5 Å². The van der Waals surface area contributed by atoms with Crippen LogP contribution in [0.1, 0.15) is 88.0 Å². The SMILES string of the molecule is CC(=O)C(Br)CC(C)(C)C(=O)OCC(COC(=O)C(C)(C)CC(Br)C(=O)O)(COC(=O)C(C)(C)CC(Br)C(=O)O)COC(=O)C(C)(C)CC(Br)C(=O)O. The molecule has 53 heavy (non-hydrogen) atoms. The molecule has 3 N–H and O–H groups in total. The first kappa shape index (κ1) is 50.9. The van der Waals surface area contributed by atoms with Crippen molar-refractivity contribution < 1.29 is 72.6 Å². The zero-order chi connectivity index (χ0) is 41.9. The Labute approximate surface area is 342 Å². The Balaban J connectivity index is 6.94. The number of esters is 4. The van der Waals surface area contributed by atoms with Crippen molar-refractivity contribution >= 4 is 111 Å². The number of carbonyl (C=O) groups excluding carboxylic acids is 5. The van der Waals surface area contributed by atoms with Crippen LogP contribution in [-0.2, 0) is 57.3 Å². The van der Waals surface area contributed by atoms with Crippen LogP contribution in [0, 0.1) is 27.1 Å². The number of hydrogen-bond acceptors (Lipinski definition) is 12. The van der Waals surface area contributed by atoms with Gasteiger partial charge in [0.25, 0.3) is 0 Å². The molecule has 0 saturated heterocycles. The smallest absolute Gasteiger partial charge is 0.317 e. The van der Waals surface area contributed by atoms with Crippen LogP contribution in [0.15, 0.2) is 0 Å². The van der Waals surface area contributed by atoms with Crippen molar-refractivity contribution in [1.82, 2.24) is 0 Å². The van der Waals surface area contributed by atoms with Crippen molar-refractivity contribution in [3.8, 4) is 0 Å². The van der Waals surface area contributed by atoms with Gasteiger partial charge in [0.15, 0.2) is 0 Å². The summed E-state index contributed by atoms with van der Waals surface area (Å²) < 4.78 is 22.6. The molecule has 4 atom stereocenters. The lowest BCUT2D eigenvalue weighted by atomic mass is 9.85. The van der Waals surface area contributed by atoms with Crippen molar-refractivity contribution in [1.29, 1.82) is 0 Å². The van der Waals surface area contributed by atoms with Crippen LogP contribution in [0.3, 0.4) is 0 Å². The fraction of sp³-hybridized carbons (Fsp3) is 0.765. The van der Waals surface area contributed by atoms with Crippen LogP contribution in [0.25, 0.3) is 0 Å². The zero-order valence-electron chi connectivity index (χ0n) is 31.2. The van der Waals surface area contributed by atoms with Gasteiger partial charge in [-0.2, -0.15) is 0 Å². The predicted octanol–water partition coefficient (Wildman–Crippen LogP) is 5.71. The molecule has 0 rings (SSSR count). The Bertz CT molecular complexity index is 1170. The van der Waals surface area contributed by atoms with Gasteiger partial charge in [0.2, 0.25) is 0 Å². The van der Waals surface area contributed by atoms with E-state index in [9.17, 15) is 53.7 Å². The maximum Gasteiger partial charge on any atom is 0.317 e. The fourth-order valence-electron chi connectivity index (χ4n) is 4.44. The summed E-state index contributed by atoms with van der Waals surface area (Å²) in [6.07, 6.45) is -0.595. The van der Waals surface area contributed by atoms with E-state index >= 15 is 0 Å². The summed E-state index contributed by atoms with van der Waals surface area (Å²) in [5, 5.41) is 28.1. The molecule has 19 heteroatoms. The first-order chi connectivity index (χ1) is 23.8. The summed E-state index contributed by atoms with van der Waals surface area (Å²) in [4.78, 5) is 96.0. The van der Waals surface area contributed by atoms with Gasteiger partial charge in [-0.1, -0.05) is 63.7 Å². The molecule has 15 nitrogen and oxygen atoms in total. The van der Waals surface area contributed by atoms with E-state index in [0.717, 1.165) is 0 Å². The van der Waals surface area contributed by atoms with E-state index in [4.69, 9.17) is 18.9 Å². The van der Waals surface area contributed by atoms with Gasteiger partial charge in [-0.25, -0.2) is 0 Å². The molecule has 0 aromatic rings. The number of carboxylic acids is 3. The molecule has 0 bridgehead atoms. The van der Waals surface area contributed by atoms with Crippen LogP contribution in [0.4, 0.5) is 0 Å². The minimum Gasteiger partial charge on any atom is -0.480 e. The lowest BCUT2D eigenvalue weighted by molar-refractivity contribution is -0.182. The molecule has 4 unspecified atom stereocenters. The van der Waals surface area contributed by atoms with Gasteiger partial charge in [-0.05, 0) is 88.0 Å². The predicted molar refractivity (Wildman–Crippen MR) is 204 cm³/mol. The fourth-order valence-corrected chi connectivity index (χ4v) is 7.67. The second-order valence-corrected chi connectivity index (χ2v) is 20.1. The first-order valence-corrected chi connectivity index (χ1v) is 19.9. The molecule has 0 fully saturated rings. The molecule has 0 radical (unpaired) electrons. The highest BCUT2D eigenvalue weighted by Gasteiger charge is 2.45. The van der Waals surface area contributed by atoms with E-state index in [1.807, 2.05) is 0 Å². The average Bonchev–Trinajstić information content (AvgIpc) is 3.01. The number of carboxylic acid groups (broad SMARTS) is 3. The van der Waals surface area contributed by atoms with Gasteiger partial charge < -0.3 is 34.3 Å². The molecule has 0 heterocycles. The Morgan fingerprint density at radius 3 is 0.792 bits per heavy atom. The molecule has 0 amide bonds. The number of alkyl halides is 4. The molecule has 304 valence electrons. The van der Waals surface area contributed by atoms with Crippen molar-refractivity contribution in [2.24, 2.45) is 27.1 Å². The number of hydrogen-bond donors (Lipinski definition) is 3. The normalized spacial score (nSPS) is 15.8. The van der Waals surface area contributed by atoms with Crippen LogP contribution in [0.2, 0.25) is 0 Å². The van der Waals surface area contributed by atoms with E-state index in [2.05, 4.69) is 63.7 Å². The third-order valence-electron chi connectivity index (χ3n) is 8.25. The van der Waals surface area contributed by atoms with Crippen LogP contribution in [-0.4, -0.2) is 109 Å². The standard InChI is InChI=1S/C34H50Br4O15/c1-18(39)19(35)10-30(2,3)26(46)50-14-34(15-51-27(47)31(4,5)11-20(36)23(40)41,16-52-28(48)32(6,7)12-21(37)24(42)43)17-53-29(49)33(8,9)13-22(38)25(44)45/h19-22H,10-17H2,1-9H3,(H,40,41)(H,42,43)(H,44,45). The molecule has 0 spiro atoms. The Morgan fingerprint density at radius 2 is 0.623 bits per heavy atom. The zero-order valence-corrected chi connectivity index (χ0v) is 37.6. The number of carbonyl (C=O) groups is 8. The average molecular weight is 1020 g/mol. The van der Waals surface area contributed by atoms with Gasteiger partial charge in [-0.15, -0.1) is 0 Å². The van der Waals surface area contributed by atoms with E-state index in [1.54, 1.807) is 0 Å². The lowest BCUT2D eigenvalue weighted by Crippen LogP contribution is -2.47. The molecule has 0 aliphatic heterocycles. The van der Waals surface area contributed by atoms with Gasteiger partial charge in [-0.3, -0.25) is 38.4 Å². The topological polar surface area (TPSA) is 234 Å². The Morgan fingerprint density at radius 1 is 0.434 bits per heavy atom. The van der Waals surface area contributed by atoms with Gasteiger partial charge >= 0.3 is 41.8 Å². The van der Waals surface area contributed by atoms with Crippen molar-refractivity contribution in [2.75, 3.05) is 26.4 Å². The monoisotopic (exact) mass is 1010 g/mol. The van der Waals surface area contributed by atoms with Crippen molar-refractivity contribution in [3.05, 3.63) is 0 Å². The van der Waals surface area contributed by atoms with Crippen LogP contribution in [0.5, 0.6) is 0 Å². The summed E-state index contributed by atoms with van der Waals surface area (Å²) in [5.74, 6) is -7.41. The van der Waals surface area contributed by atoms with Crippen LogP contribution < -0.4 is 0 Å². The quantitative estimate of drug-likeness (QED) is 0.0597. The third kappa shape index (κ3) is 17.1. The summed E-state index contributed by atoms with van der Waals surface area (Å²) in [6.45, 7) is 10.2. The molecular formula is C34H50Br4O15. The molecule has 0 aromatic carbocycles. The summed E-state index contributed by atoms with van der Waals surface area (Å²) in [6, 6.07) is 0. The first-order valence-electron chi connectivity index (χ1n) is 16.3. The highest BCUT2D eigenvalue weighted by atomic mass is 79.9. The van der Waals surface area contributed by atoms with E-state index in [0.29, 0.717) is 0 Å².